The Kier molecular flexibility index (Phi) is 11.1. The predicted molar refractivity (Wildman–Crippen MR) is 144 cm³/mol. The molecule has 0 bridgehead atoms. The van der Waals surface area contributed by atoms with Crippen molar-refractivity contribution in [2.45, 2.75) is 49.9 Å². The number of unbranched alkanes of at least 4 members (excludes halogenated alkanes) is 1. The van der Waals surface area contributed by atoms with Crippen LogP contribution in [0.3, 0.4) is 0 Å². The topological polar surface area (TPSA) is 116 Å². The Bertz CT molecular complexity index is 1240. The normalized spacial score (nSPS) is 12.5. The molecule has 0 aliphatic rings. The summed E-state index contributed by atoms with van der Waals surface area (Å²) in [5, 5.41) is 32.6. The van der Waals surface area contributed by atoms with Crippen LogP contribution in [0.4, 0.5) is 0 Å². The molecule has 1 unspecified atom stereocenters. The minimum atomic E-state index is -3.18. The summed E-state index contributed by atoms with van der Waals surface area (Å²) in [5.41, 5.74) is 4.36. The fraction of sp³-hybridized carbons (Fsp3) is 0.379. The molecule has 3 aromatic rings. The average molecular weight is 528 g/mol. The van der Waals surface area contributed by atoms with Gasteiger partial charge in [-0.3, -0.25) is 0 Å². The number of aliphatic hydroxyl groups excluding tert-OH is 2. The smallest absolute Gasteiger partial charge is 0.175 e. The van der Waals surface area contributed by atoms with E-state index in [-0.39, 0.29) is 12.4 Å². The molecule has 0 aliphatic heterocycles. The lowest BCUT2D eigenvalue weighted by molar-refractivity contribution is 0.117. The van der Waals surface area contributed by atoms with E-state index in [0.29, 0.717) is 42.3 Å². The van der Waals surface area contributed by atoms with Gasteiger partial charge in [0.1, 0.15) is 5.75 Å². The Hall–Kier alpha value is -2.75. The Morgan fingerprint density at radius 1 is 0.919 bits per heavy atom. The summed E-state index contributed by atoms with van der Waals surface area (Å²) < 4.78 is 29.2. The highest BCUT2D eigenvalue weighted by Gasteiger charge is 2.10. The Morgan fingerprint density at radius 2 is 1.65 bits per heavy atom. The van der Waals surface area contributed by atoms with Gasteiger partial charge in [-0.1, -0.05) is 42.5 Å². The van der Waals surface area contributed by atoms with Crippen molar-refractivity contribution in [2.75, 3.05) is 26.0 Å². The third-order valence-electron chi connectivity index (χ3n) is 6.18. The molecule has 7 nitrogen and oxygen atoms in total. The van der Waals surface area contributed by atoms with Crippen LogP contribution in [0, 0.1) is 0 Å². The van der Waals surface area contributed by atoms with Gasteiger partial charge in [-0.05, 0) is 78.7 Å². The van der Waals surface area contributed by atoms with Crippen molar-refractivity contribution >= 4 is 9.84 Å². The van der Waals surface area contributed by atoms with Crippen LogP contribution < -0.4 is 5.32 Å². The van der Waals surface area contributed by atoms with Gasteiger partial charge in [0.2, 0.25) is 0 Å². The standard InChI is InChI=1S/C29H37NO6S/c1-37(34,35)27-10-5-8-22(17-27)6-2-3-15-36-21-24-9-4-7-23(16-24)13-14-30-19-29(33)25-11-12-28(32)26(18-25)20-31/h4-5,7-12,16-18,29-33H,2-3,6,13-15,19-21H2,1H3. The van der Waals surface area contributed by atoms with Crippen LogP contribution in [0.25, 0.3) is 0 Å². The molecule has 37 heavy (non-hydrogen) atoms. The lowest BCUT2D eigenvalue weighted by atomic mass is 10.0. The first kappa shape index (κ1) is 28.8. The number of hydrogen-bond acceptors (Lipinski definition) is 7. The quantitative estimate of drug-likeness (QED) is 0.223. The molecule has 0 aromatic heterocycles. The third-order valence-corrected chi connectivity index (χ3v) is 7.29. The maximum atomic E-state index is 11.7. The second kappa shape index (κ2) is 14.3. The molecule has 0 heterocycles. The zero-order valence-electron chi connectivity index (χ0n) is 21.3. The molecule has 8 heteroatoms. The predicted octanol–water partition coefficient (Wildman–Crippen LogP) is 3.69. The van der Waals surface area contributed by atoms with Gasteiger partial charge in [0.05, 0.1) is 24.2 Å². The lowest BCUT2D eigenvalue weighted by Crippen LogP contribution is -2.23. The minimum absolute atomic E-state index is 0.0208. The first-order chi connectivity index (χ1) is 17.8. The van der Waals surface area contributed by atoms with Crippen LogP contribution in [0.2, 0.25) is 0 Å². The second-order valence-electron chi connectivity index (χ2n) is 9.27. The van der Waals surface area contributed by atoms with Gasteiger partial charge in [0.25, 0.3) is 0 Å². The molecule has 3 rings (SSSR count). The van der Waals surface area contributed by atoms with Gasteiger partial charge in [0, 0.05) is 25.0 Å². The third kappa shape index (κ3) is 9.57. The van der Waals surface area contributed by atoms with E-state index in [1.807, 2.05) is 18.2 Å². The number of phenols is 1. The van der Waals surface area contributed by atoms with Crippen molar-refractivity contribution in [2.24, 2.45) is 0 Å². The highest BCUT2D eigenvalue weighted by atomic mass is 32.2. The summed E-state index contributed by atoms with van der Waals surface area (Å²) >= 11 is 0. The van der Waals surface area contributed by atoms with Crippen LogP contribution in [-0.4, -0.2) is 49.7 Å². The van der Waals surface area contributed by atoms with E-state index >= 15 is 0 Å². The summed E-state index contributed by atoms with van der Waals surface area (Å²) in [5.74, 6) is 0.0208. The van der Waals surface area contributed by atoms with Gasteiger partial charge >= 0.3 is 0 Å². The van der Waals surface area contributed by atoms with Crippen molar-refractivity contribution in [3.05, 3.63) is 94.5 Å². The number of benzene rings is 3. The fourth-order valence-corrected chi connectivity index (χ4v) is 4.75. The molecule has 1 atom stereocenters. The largest absolute Gasteiger partial charge is 0.508 e. The number of nitrogens with one attached hydrogen (secondary N) is 1. The number of hydrogen-bond donors (Lipinski definition) is 4. The number of rotatable bonds is 15. The van der Waals surface area contributed by atoms with Crippen molar-refractivity contribution in [1.82, 2.24) is 5.32 Å². The van der Waals surface area contributed by atoms with E-state index < -0.39 is 15.9 Å². The number of aryl methyl sites for hydroxylation is 1. The zero-order valence-corrected chi connectivity index (χ0v) is 22.1. The van der Waals surface area contributed by atoms with E-state index in [1.54, 1.807) is 30.3 Å². The molecule has 0 amide bonds. The van der Waals surface area contributed by atoms with Gasteiger partial charge in [-0.2, -0.15) is 0 Å². The summed E-state index contributed by atoms with van der Waals surface area (Å²) in [4.78, 5) is 0.362. The van der Waals surface area contributed by atoms with Crippen molar-refractivity contribution in [1.29, 1.82) is 0 Å². The molecule has 200 valence electrons. The lowest BCUT2D eigenvalue weighted by Gasteiger charge is -2.14. The molecule has 0 aliphatic carbocycles. The van der Waals surface area contributed by atoms with Crippen LogP contribution in [0.5, 0.6) is 5.75 Å². The van der Waals surface area contributed by atoms with Crippen LogP contribution in [0.1, 0.15) is 46.8 Å². The molecule has 3 aromatic carbocycles. The van der Waals surface area contributed by atoms with Crippen molar-refractivity contribution in [3.63, 3.8) is 0 Å². The highest BCUT2D eigenvalue weighted by molar-refractivity contribution is 7.90. The van der Waals surface area contributed by atoms with Crippen molar-refractivity contribution in [3.8, 4) is 5.75 Å². The van der Waals surface area contributed by atoms with E-state index in [2.05, 4.69) is 17.4 Å². The summed E-state index contributed by atoms with van der Waals surface area (Å²) in [6, 6.07) is 20.1. The Balaban J connectivity index is 1.33. The van der Waals surface area contributed by atoms with Gasteiger partial charge in [0.15, 0.2) is 9.84 Å². The molecular formula is C29H37NO6S. The van der Waals surface area contributed by atoms with Gasteiger partial charge < -0.3 is 25.4 Å². The maximum absolute atomic E-state index is 11.7. The number of aromatic hydroxyl groups is 1. The first-order valence-electron chi connectivity index (χ1n) is 12.5. The number of aliphatic hydroxyl groups is 2. The monoisotopic (exact) mass is 527 g/mol. The fourth-order valence-electron chi connectivity index (χ4n) is 4.06. The van der Waals surface area contributed by atoms with E-state index in [4.69, 9.17) is 4.74 Å². The summed E-state index contributed by atoms with van der Waals surface area (Å²) in [7, 11) is -3.18. The van der Waals surface area contributed by atoms with E-state index in [1.165, 1.54) is 17.9 Å². The highest BCUT2D eigenvalue weighted by Crippen LogP contribution is 2.22. The van der Waals surface area contributed by atoms with E-state index in [0.717, 1.165) is 36.8 Å². The van der Waals surface area contributed by atoms with E-state index in [9.17, 15) is 23.7 Å². The first-order valence-corrected chi connectivity index (χ1v) is 14.4. The molecule has 0 saturated heterocycles. The Labute approximate surface area is 219 Å². The molecule has 0 radical (unpaired) electrons. The summed E-state index contributed by atoms with van der Waals surface area (Å²) in [6.45, 7) is 1.98. The second-order valence-corrected chi connectivity index (χ2v) is 11.3. The SMILES string of the molecule is CS(=O)(=O)c1cccc(CCCCOCc2cccc(CCNCC(O)c3ccc(O)c(CO)c3)c2)c1. The molecule has 4 N–H and O–H groups in total. The maximum Gasteiger partial charge on any atom is 0.175 e. The van der Waals surface area contributed by atoms with Gasteiger partial charge in [-0.25, -0.2) is 8.42 Å². The molecule has 0 spiro atoms. The molecule has 0 fully saturated rings. The van der Waals surface area contributed by atoms with Crippen LogP contribution in [0.15, 0.2) is 71.6 Å². The van der Waals surface area contributed by atoms with Gasteiger partial charge in [-0.15, -0.1) is 0 Å². The van der Waals surface area contributed by atoms with Crippen LogP contribution >= 0.6 is 0 Å². The summed E-state index contributed by atoms with van der Waals surface area (Å²) in [6.07, 6.45) is 3.95. The average Bonchev–Trinajstić information content (AvgIpc) is 2.88. The minimum Gasteiger partial charge on any atom is -0.508 e. The van der Waals surface area contributed by atoms with Crippen molar-refractivity contribution < 1.29 is 28.5 Å². The molecule has 0 saturated carbocycles. The number of ether oxygens (including phenoxy) is 1. The molecular weight excluding hydrogens is 490 g/mol. The zero-order chi connectivity index (χ0) is 26.7. The Morgan fingerprint density at radius 3 is 2.41 bits per heavy atom. The number of sulfone groups is 1. The van der Waals surface area contributed by atoms with Crippen LogP contribution in [-0.2, 0) is 40.6 Å².